The van der Waals surface area contributed by atoms with Gasteiger partial charge < -0.3 is 15.2 Å². The molecule has 2 aliphatic rings. The molecule has 2 N–H and O–H groups in total. The third kappa shape index (κ3) is 4.41. The summed E-state index contributed by atoms with van der Waals surface area (Å²) >= 11 is 5.94. The molecule has 2 heterocycles. The van der Waals surface area contributed by atoms with Crippen molar-refractivity contribution in [1.29, 1.82) is 0 Å². The van der Waals surface area contributed by atoms with Crippen LogP contribution in [0.3, 0.4) is 0 Å². The maximum Gasteiger partial charge on any atom is 0.239 e. The summed E-state index contributed by atoms with van der Waals surface area (Å²) < 4.78 is 2.17. The van der Waals surface area contributed by atoms with Gasteiger partial charge >= 0.3 is 0 Å². The Bertz CT molecular complexity index is 777. The fraction of sp³-hybridized carbons (Fsp3) is 0.545. The van der Waals surface area contributed by atoms with Gasteiger partial charge in [-0.3, -0.25) is 4.79 Å². The van der Waals surface area contributed by atoms with Crippen LogP contribution in [-0.2, 0) is 17.8 Å². The normalized spacial score (nSPS) is 20.1. The van der Waals surface area contributed by atoms with Crippen molar-refractivity contribution in [1.82, 2.24) is 14.5 Å². The molecule has 1 amide bonds. The lowest BCUT2D eigenvalue weighted by atomic mass is 9.71. The highest BCUT2D eigenvalue weighted by Gasteiger charge is 2.46. The van der Waals surface area contributed by atoms with Gasteiger partial charge in [-0.25, -0.2) is 4.98 Å². The number of imidazole rings is 1. The monoisotopic (exact) mass is 400 g/mol. The van der Waals surface area contributed by atoms with Crippen LogP contribution in [0, 0.1) is 11.3 Å². The smallest absolute Gasteiger partial charge is 0.239 e. The number of rotatable bonds is 7. The van der Waals surface area contributed by atoms with Crippen LogP contribution < -0.4 is 5.73 Å². The van der Waals surface area contributed by atoms with E-state index in [1.807, 2.05) is 47.9 Å². The minimum absolute atomic E-state index is 0.0777. The van der Waals surface area contributed by atoms with E-state index in [0.29, 0.717) is 16.9 Å². The van der Waals surface area contributed by atoms with Gasteiger partial charge in [-0.05, 0) is 67.6 Å². The van der Waals surface area contributed by atoms with E-state index in [9.17, 15) is 4.79 Å². The highest BCUT2D eigenvalue weighted by Crippen LogP contribution is 2.53. The summed E-state index contributed by atoms with van der Waals surface area (Å²) in [5.74, 6) is 0.907. The Labute approximate surface area is 171 Å². The summed E-state index contributed by atoms with van der Waals surface area (Å²) in [6.45, 7) is 2.67. The van der Waals surface area contributed by atoms with E-state index in [4.69, 9.17) is 17.3 Å². The summed E-state index contributed by atoms with van der Waals surface area (Å²) in [6, 6.07) is 7.10. The third-order valence-corrected chi connectivity index (χ3v) is 6.88. The molecule has 1 aliphatic heterocycles. The Morgan fingerprint density at radius 2 is 1.96 bits per heavy atom. The highest BCUT2D eigenvalue weighted by atomic mass is 35.5. The largest absolute Gasteiger partial charge is 0.341 e. The molecule has 1 saturated carbocycles. The van der Waals surface area contributed by atoms with E-state index in [-0.39, 0.29) is 5.91 Å². The number of carbonyl (C=O) groups is 1. The second kappa shape index (κ2) is 8.26. The Kier molecular flexibility index (Phi) is 5.74. The summed E-state index contributed by atoms with van der Waals surface area (Å²) in [7, 11) is 0. The first-order valence-electron chi connectivity index (χ1n) is 10.3. The van der Waals surface area contributed by atoms with Gasteiger partial charge in [0.25, 0.3) is 0 Å². The molecular weight excluding hydrogens is 372 g/mol. The molecular formula is C22H29ClN4O. The molecule has 1 unspecified atom stereocenters. The Morgan fingerprint density at radius 3 is 2.57 bits per heavy atom. The van der Waals surface area contributed by atoms with E-state index in [2.05, 4.69) is 9.55 Å². The van der Waals surface area contributed by atoms with Gasteiger partial charge in [-0.1, -0.05) is 23.7 Å². The van der Waals surface area contributed by atoms with Crippen molar-refractivity contribution >= 4 is 17.5 Å². The number of halogens is 1. The zero-order valence-corrected chi connectivity index (χ0v) is 17.0. The second-order valence-corrected chi connectivity index (χ2v) is 8.89. The van der Waals surface area contributed by atoms with Crippen molar-refractivity contribution in [3.8, 4) is 0 Å². The van der Waals surface area contributed by atoms with Crippen molar-refractivity contribution in [2.45, 2.75) is 51.1 Å². The van der Waals surface area contributed by atoms with Crippen molar-refractivity contribution in [3.63, 3.8) is 0 Å². The molecule has 2 fully saturated rings. The fourth-order valence-electron chi connectivity index (χ4n) is 4.70. The van der Waals surface area contributed by atoms with E-state index in [0.717, 1.165) is 44.0 Å². The third-order valence-electron chi connectivity index (χ3n) is 6.63. The first kappa shape index (κ1) is 19.5. The number of hydrogen-bond acceptors (Lipinski definition) is 3. The Hall–Kier alpha value is -1.85. The summed E-state index contributed by atoms with van der Waals surface area (Å²) in [5.41, 5.74) is 7.67. The van der Waals surface area contributed by atoms with Crippen LogP contribution in [0.15, 0.2) is 43.0 Å². The predicted octanol–water partition coefficient (Wildman–Crippen LogP) is 3.52. The van der Waals surface area contributed by atoms with Gasteiger partial charge in [0.05, 0.1) is 12.4 Å². The first-order valence-corrected chi connectivity index (χ1v) is 10.7. The average Bonchev–Trinajstić information content (AvgIpc) is 3.45. The van der Waals surface area contributed by atoms with Crippen LogP contribution in [0.1, 0.15) is 37.7 Å². The number of carbonyl (C=O) groups excluding carboxylic acids is 1. The van der Waals surface area contributed by atoms with E-state index < -0.39 is 6.04 Å². The number of piperidine rings is 1. The van der Waals surface area contributed by atoms with Gasteiger partial charge in [0, 0.05) is 37.1 Å². The average molecular weight is 401 g/mol. The second-order valence-electron chi connectivity index (χ2n) is 8.45. The molecule has 5 nitrogen and oxygen atoms in total. The molecule has 0 spiro atoms. The summed E-state index contributed by atoms with van der Waals surface area (Å²) in [5, 5.41) is 0.701. The zero-order chi connectivity index (χ0) is 19.6. The molecule has 150 valence electrons. The van der Waals surface area contributed by atoms with Crippen molar-refractivity contribution in [2.75, 3.05) is 13.1 Å². The van der Waals surface area contributed by atoms with Crippen LogP contribution in [0.4, 0.5) is 0 Å². The minimum Gasteiger partial charge on any atom is -0.341 e. The summed E-state index contributed by atoms with van der Waals surface area (Å²) in [6.07, 6.45) is 12.4. The number of nitrogens with zero attached hydrogens (tertiary/aromatic N) is 3. The number of aryl methyl sites for hydroxylation is 1. The lowest BCUT2D eigenvalue weighted by Gasteiger charge is -2.43. The van der Waals surface area contributed by atoms with Crippen LogP contribution in [0.25, 0.3) is 0 Å². The van der Waals surface area contributed by atoms with Gasteiger partial charge in [0.1, 0.15) is 0 Å². The molecule has 1 saturated heterocycles. The summed E-state index contributed by atoms with van der Waals surface area (Å²) in [4.78, 5) is 19.0. The molecule has 1 aromatic carbocycles. The van der Waals surface area contributed by atoms with E-state index in [1.165, 1.54) is 19.3 Å². The molecule has 0 radical (unpaired) electrons. The number of aromatic nitrogens is 2. The van der Waals surface area contributed by atoms with Crippen molar-refractivity contribution in [3.05, 3.63) is 53.6 Å². The molecule has 0 bridgehead atoms. The van der Waals surface area contributed by atoms with Crippen LogP contribution >= 0.6 is 11.6 Å². The highest BCUT2D eigenvalue weighted by molar-refractivity contribution is 6.30. The van der Waals surface area contributed by atoms with Crippen LogP contribution in [0.2, 0.25) is 5.02 Å². The van der Waals surface area contributed by atoms with Gasteiger partial charge in [-0.15, -0.1) is 0 Å². The number of nitrogens with two attached hydrogens (primary N) is 1. The molecule has 2 aromatic rings. The molecule has 28 heavy (non-hydrogen) atoms. The quantitative estimate of drug-likeness (QED) is 0.773. The maximum absolute atomic E-state index is 12.9. The minimum atomic E-state index is -0.486. The molecule has 1 aromatic heterocycles. The van der Waals surface area contributed by atoms with Gasteiger partial charge in [0.15, 0.2) is 0 Å². The van der Waals surface area contributed by atoms with Crippen molar-refractivity contribution in [2.24, 2.45) is 17.1 Å². The standard InChI is InChI=1S/C22H29ClN4O/c23-19-5-1-17(2-6-19)15-20(24)21(28)27-12-8-22(9-13-27,18-3-4-18)7-11-26-14-10-25-16-26/h1-2,5-6,10,14,16,18,20H,3-4,7-9,11-13,15,24H2. The number of likely N-dealkylation sites (tertiary alicyclic amines) is 1. The number of hydrogen-bond donors (Lipinski definition) is 1. The number of benzene rings is 1. The number of amides is 1. The Morgan fingerprint density at radius 1 is 1.25 bits per heavy atom. The Balaban J connectivity index is 1.32. The van der Waals surface area contributed by atoms with Crippen molar-refractivity contribution < 1.29 is 4.79 Å². The van der Waals surface area contributed by atoms with Gasteiger partial charge in [0.2, 0.25) is 5.91 Å². The zero-order valence-electron chi connectivity index (χ0n) is 16.3. The van der Waals surface area contributed by atoms with E-state index >= 15 is 0 Å². The first-order chi connectivity index (χ1) is 13.6. The molecule has 1 atom stereocenters. The molecule has 1 aliphatic carbocycles. The van der Waals surface area contributed by atoms with E-state index in [1.54, 1.807) is 0 Å². The van der Waals surface area contributed by atoms with Crippen LogP contribution in [0.5, 0.6) is 0 Å². The fourth-order valence-corrected chi connectivity index (χ4v) is 4.82. The lowest BCUT2D eigenvalue weighted by molar-refractivity contribution is -0.135. The molecule has 6 heteroatoms. The maximum atomic E-state index is 12.9. The topological polar surface area (TPSA) is 64.2 Å². The van der Waals surface area contributed by atoms with Gasteiger partial charge in [-0.2, -0.15) is 0 Å². The lowest BCUT2D eigenvalue weighted by Crippen LogP contribution is -2.50. The SMILES string of the molecule is NC(Cc1ccc(Cl)cc1)C(=O)N1CCC(CCn2ccnc2)(C2CC2)CC1. The molecule has 4 rings (SSSR count). The van der Waals surface area contributed by atoms with Crippen LogP contribution in [-0.4, -0.2) is 39.5 Å². The predicted molar refractivity (Wildman–Crippen MR) is 111 cm³/mol.